The molecule has 27 heavy (non-hydrogen) atoms. The Morgan fingerprint density at radius 1 is 1.07 bits per heavy atom. The Kier molecular flexibility index (Phi) is 7.82. The zero-order valence-electron chi connectivity index (χ0n) is 15.8. The van der Waals surface area contributed by atoms with E-state index in [1.807, 2.05) is 30.3 Å². The standard InChI is InChI=1S/C19H25N3O3S2/c1-4-22(5-2)27(24,25)17-11-12-18(20-13-17)26-15-19(23)21(3)14-16-9-7-6-8-10-16/h6-13H,4-5,14-15H2,1-3H3. The normalized spacial score (nSPS) is 11.6. The zero-order chi connectivity index (χ0) is 19.9. The van der Waals surface area contributed by atoms with Gasteiger partial charge in [0.1, 0.15) is 4.90 Å². The van der Waals surface area contributed by atoms with E-state index in [4.69, 9.17) is 0 Å². The molecule has 0 fully saturated rings. The molecule has 1 amide bonds. The maximum absolute atomic E-state index is 12.5. The quantitative estimate of drug-likeness (QED) is 0.598. The molecular formula is C19H25N3O3S2. The van der Waals surface area contributed by atoms with E-state index in [-0.39, 0.29) is 16.6 Å². The molecule has 0 aliphatic heterocycles. The number of rotatable bonds is 9. The SMILES string of the molecule is CCN(CC)S(=O)(=O)c1ccc(SCC(=O)N(C)Cc2ccccc2)nc1. The van der Waals surface area contributed by atoms with E-state index in [2.05, 4.69) is 4.98 Å². The van der Waals surface area contributed by atoms with Gasteiger partial charge in [-0.1, -0.05) is 55.9 Å². The second kappa shape index (κ2) is 9.87. The van der Waals surface area contributed by atoms with E-state index in [1.165, 1.54) is 22.3 Å². The lowest BCUT2D eigenvalue weighted by Crippen LogP contribution is -2.30. The molecule has 0 unspecified atom stereocenters. The van der Waals surface area contributed by atoms with Crippen LogP contribution in [-0.4, -0.2) is 54.4 Å². The average molecular weight is 408 g/mol. The molecule has 0 radical (unpaired) electrons. The predicted octanol–water partition coefficient (Wildman–Crippen LogP) is 2.86. The van der Waals surface area contributed by atoms with Crippen molar-refractivity contribution in [1.29, 1.82) is 0 Å². The van der Waals surface area contributed by atoms with Crippen LogP contribution in [0.3, 0.4) is 0 Å². The third-order valence-electron chi connectivity index (χ3n) is 4.08. The van der Waals surface area contributed by atoms with Gasteiger partial charge in [-0.15, -0.1) is 0 Å². The number of sulfonamides is 1. The third-order valence-corrected chi connectivity index (χ3v) is 7.05. The summed E-state index contributed by atoms with van der Waals surface area (Å²) in [5.74, 6) is 0.240. The van der Waals surface area contributed by atoms with Gasteiger partial charge in [-0.25, -0.2) is 13.4 Å². The fourth-order valence-corrected chi connectivity index (χ4v) is 4.70. The van der Waals surface area contributed by atoms with Crippen LogP contribution in [0.2, 0.25) is 0 Å². The van der Waals surface area contributed by atoms with Crippen LogP contribution in [0.25, 0.3) is 0 Å². The molecule has 0 atom stereocenters. The van der Waals surface area contributed by atoms with Crippen LogP contribution in [0.1, 0.15) is 19.4 Å². The Balaban J connectivity index is 1.94. The van der Waals surface area contributed by atoms with E-state index in [0.29, 0.717) is 24.7 Å². The first-order valence-corrected chi connectivity index (χ1v) is 11.2. The Hall–Kier alpha value is -1.90. The molecule has 0 saturated carbocycles. The summed E-state index contributed by atoms with van der Waals surface area (Å²) in [4.78, 5) is 18.3. The Morgan fingerprint density at radius 2 is 1.74 bits per heavy atom. The van der Waals surface area contributed by atoms with Crippen molar-refractivity contribution in [2.24, 2.45) is 0 Å². The minimum atomic E-state index is -3.51. The van der Waals surface area contributed by atoms with Gasteiger partial charge in [0.25, 0.3) is 0 Å². The molecule has 0 saturated heterocycles. The highest BCUT2D eigenvalue weighted by Crippen LogP contribution is 2.20. The summed E-state index contributed by atoms with van der Waals surface area (Å²) in [7, 11) is -1.74. The molecular weight excluding hydrogens is 382 g/mol. The van der Waals surface area contributed by atoms with Gasteiger partial charge >= 0.3 is 0 Å². The summed E-state index contributed by atoms with van der Waals surface area (Å²) < 4.78 is 26.3. The number of hydrogen-bond donors (Lipinski definition) is 0. The second-order valence-corrected chi connectivity index (χ2v) is 8.88. The topological polar surface area (TPSA) is 70.6 Å². The lowest BCUT2D eigenvalue weighted by molar-refractivity contribution is -0.127. The van der Waals surface area contributed by atoms with E-state index >= 15 is 0 Å². The summed E-state index contributed by atoms with van der Waals surface area (Å²) >= 11 is 1.30. The molecule has 2 rings (SSSR count). The first-order chi connectivity index (χ1) is 12.9. The first-order valence-electron chi connectivity index (χ1n) is 8.75. The van der Waals surface area contributed by atoms with Crippen molar-refractivity contribution in [3.05, 3.63) is 54.2 Å². The summed E-state index contributed by atoms with van der Waals surface area (Å²) in [5.41, 5.74) is 1.07. The molecule has 6 nitrogen and oxygen atoms in total. The molecule has 0 aliphatic rings. The van der Waals surface area contributed by atoms with Gasteiger partial charge in [0.2, 0.25) is 15.9 Å². The Bertz CT molecular complexity index is 836. The molecule has 0 bridgehead atoms. The minimum Gasteiger partial charge on any atom is -0.341 e. The number of carbonyl (C=O) groups is 1. The molecule has 1 aromatic heterocycles. The van der Waals surface area contributed by atoms with Crippen LogP contribution >= 0.6 is 11.8 Å². The molecule has 8 heteroatoms. The fourth-order valence-electron chi connectivity index (χ4n) is 2.51. The largest absolute Gasteiger partial charge is 0.341 e. The maximum atomic E-state index is 12.5. The number of hydrogen-bond acceptors (Lipinski definition) is 5. The van der Waals surface area contributed by atoms with Crippen LogP contribution in [0, 0.1) is 0 Å². The van der Waals surface area contributed by atoms with Crippen LogP contribution in [0.4, 0.5) is 0 Å². The Morgan fingerprint density at radius 3 is 2.30 bits per heavy atom. The van der Waals surface area contributed by atoms with Crippen molar-refractivity contribution < 1.29 is 13.2 Å². The van der Waals surface area contributed by atoms with Crippen molar-refractivity contribution in [1.82, 2.24) is 14.2 Å². The van der Waals surface area contributed by atoms with Crippen molar-refractivity contribution in [3.8, 4) is 0 Å². The number of carbonyl (C=O) groups excluding carboxylic acids is 1. The van der Waals surface area contributed by atoms with Crippen LogP contribution in [-0.2, 0) is 21.4 Å². The first kappa shape index (κ1) is 21.4. The van der Waals surface area contributed by atoms with E-state index in [9.17, 15) is 13.2 Å². The van der Waals surface area contributed by atoms with Gasteiger partial charge in [-0.05, 0) is 17.7 Å². The van der Waals surface area contributed by atoms with Gasteiger partial charge in [0.15, 0.2) is 0 Å². The summed E-state index contributed by atoms with van der Waals surface area (Å²) in [6.07, 6.45) is 1.36. The van der Waals surface area contributed by atoms with E-state index in [1.54, 1.807) is 37.9 Å². The minimum absolute atomic E-state index is 0.00880. The highest BCUT2D eigenvalue weighted by Gasteiger charge is 2.21. The molecule has 0 aliphatic carbocycles. The Labute approximate surface area is 165 Å². The van der Waals surface area contributed by atoms with Crippen molar-refractivity contribution >= 4 is 27.7 Å². The molecule has 146 valence electrons. The zero-order valence-corrected chi connectivity index (χ0v) is 17.5. The number of amides is 1. The number of pyridine rings is 1. The summed E-state index contributed by atoms with van der Waals surface area (Å²) in [6, 6.07) is 13.0. The molecule has 1 aromatic carbocycles. The fraction of sp³-hybridized carbons (Fsp3) is 0.368. The number of thioether (sulfide) groups is 1. The maximum Gasteiger partial charge on any atom is 0.244 e. The summed E-state index contributed by atoms with van der Waals surface area (Å²) in [5, 5.41) is 0.620. The van der Waals surface area contributed by atoms with Gasteiger partial charge in [-0.3, -0.25) is 4.79 Å². The second-order valence-electron chi connectivity index (χ2n) is 5.95. The van der Waals surface area contributed by atoms with Gasteiger partial charge in [0.05, 0.1) is 10.8 Å². The summed E-state index contributed by atoms with van der Waals surface area (Å²) in [6.45, 7) is 4.98. The predicted molar refractivity (Wildman–Crippen MR) is 108 cm³/mol. The van der Waals surface area contributed by atoms with Gasteiger partial charge in [0, 0.05) is 32.9 Å². The van der Waals surface area contributed by atoms with Crippen molar-refractivity contribution in [3.63, 3.8) is 0 Å². The molecule has 0 spiro atoms. The van der Waals surface area contributed by atoms with Gasteiger partial charge in [-0.2, -0.15) is 4.31 Å². The van der Waals surface area contributed by atoms with Crippen molar-refractivity contribution in [2.75, 3.05) is 25.9 Å². The number of benzene rings is 1. The monoisotopic (exact) mass is 407 g/mol. The molecule has 2 aromatic rings. The lowest BCUT2D eigenvalue weighted by Gasteiger charge is -2.18. The number of aromatic nitrogens is 1. The number of nitrogens with zero attached hydrogens (tertiary/aromatic N) is 3. The molecule has 1 heterocycles. The van der Waals surface area contributed by atoms with Crippen molar-refractivity contribution in [2.45, 2.75) is 30.3 Å². The molecule has 0 N–H and O–H groups in total. The highest BCUT2D eigenvalue weighted by molar-refractivity contribution is 7.99. The van der Waals surface area contributed by atoms with Crippen LogP contribution < -0.4 is 0 Å². The van der Waals surface area contributed by atoms with Crippen LogP contribution in [0.15, 0.2) is 58.6 Å². The van der Waals surface area contributed by atoms with E-state index in [0.717, 1.165) is 5.56 Å². The van der Waals surface area contributed by atoms with Crippen LogP contribution in [0.5, 0.6) is 0 Å². The van der Waals surface area contributed by atoms with E-state index < -0.39 is 10.0 Å². The average Bonchev–Trinajstić information content (AvgIpc) is 2.68. The lowest BCUT2D eigenvalue weighted by atomic mass is 10.2. The third kappa shape index (κ3) is 5.79. The smallest absolute Gasteiger partial charge is 0.244 e. The highest BCUT2D eigenvalue weighted by atomic mass is 32.2. The van der Waals surface area contributed by atoms with Gasteiger partial charge < -0.3 is 4.90 Å².